The molecular formula is C20H23FN2O3. The number of ether oxygens (including phenoxy) is 2. The van der Waals surface area contributed by atoms with Crippen molar-refractivity contribution in [2.75, 3.05) is 19.9 Å². The normalized spacial score (nSPS) is 12.7. The van der Waals surface area contributed by atoms with Gasteiger partial charge in [-0.05, 0) is 41.8 Å². The Balaban J connectivity index is 1.47. The van der Waals surface area contributed by atoms with Crippen molar-refractivity contribution in [2.24, 2.45) is 0 Å². The van der Waals surface area contributed by atoms with Crippen molar-refractivity contribution in [1.29, 1.82) is 0 Å². The molecule has 1 aliphatic heterocycles. The van der Waals surface area contributed by atoms with Crippen molar-refractivity contribution in [3.8, 4) is 11.5 Å². The molecule has 3 rings (SSSR count). The maximum atomic E-state index is 13.1. The SMILES string of the molecule is CC(C)(CNC(=O)NCCc1cccc(F)c1)c1ccc2c(c1)OCO2. The van der Waals surface area contributed by atoms with Crippen LogP contribution in [-0.2, 0) is 11.8 Å². The second-order valence-electron chi connectivity index (χ2n) is 6.94. The van der Waals surface area contributed by atoms with E-state index in [-0.39, 0.29) is 24.1 Å². The number of urea groups is 1. The van der Waals surface area contributed by atoms with Gasteiger partial charge < -0.3 is 20.1 Å². The van der Waals surface area contributed by atoms with Crippen LogP contribution in [0.15, 0.2) is 42.5 Å². The van der Waals surface area contributed by atoms with E-state index in [9.17, 15) is 9.18 Å². The van der Waals surface area contributed by atoms with Crippen molar-refractivity contribution in [3.63, 3.8) is 0 Å². The summed E-state index contributed by atoms with van der Waals surface area (Å²) in [5.41, 5.74) is 1.65. The Morgan fingerprint density at radius 2 is 1.92 bits per heavy atom. The highest BCUT2D eigenvalue weighted by Crippen LogP contribution is 2.36. The Bertz CT molecular complexity index is 792. The van der Waals surface area contributed by atoms with Crippen LogP contribution in [0.2, 0.25) is 0 Å². The molecule has 0 aliphatic carbocycles. The molecule has 0 radical (unpaired) electrons. The summed E-state index contributed by atoms with van der Waals surface area (Å²) in [6.45, 7) is 5.26. The summed E-state index contributed by atoms with van der Waals surface area (Å²) in [4.78, 5) is 12.0. The lowest BCUT2D eigenvalue weighted by atomic mass is 9.84. The number of fused-ring (bicyclic) bond motifs is 1. The number of nitrogens with one attached hydrogen (secondary N) is 2. The third-order valence-corrected chi connectivity index (χ3v) is 4.43. The number of hydrogen-bond donors (Lipinski definition) is 2. The Hall–Kier alpha value is -2.76. The van der Waals surface area contributed by atoms with Crippen LogP contribution in [0.4, 0.5) is 9.18 Å². The van der Waals surface area contributed by atoms with Gasteiger partial charge in [0.25, 0.3) is 0 Å². The maximum absolute atomic E-state index is 13.1. The first-order chi connectivity index (χ1) is 12.4. The molecule has 1 aliphatic rings. The van der Waals surface area contributed by atoms with E-state index < -0.39 is 0 Å². The quantitative estimate of drug-likeness (QED) is 0.832. The summed E-state index contributed by atoms with van der Waals surface area (Å²) in [6.07, 6.45) is 0.580. The molecule has 0 bridgehead atoms. The van der Waals surface area contributed by atoms with Crippen LogP contribution in [0.1, 0.15) is 25.0 Å². The fraction of sp³-hybridized carbons (Fsp3) is 0.350. The van der Waals surface area contributed by atoms with Crippen molar-refractivity contribution >= 4 is 6.03 Å². The fourth-order valence-electron chi connectivity index (χ4n) is 2.80. The van der Waals surface area contributed by atoms with E-state index in [4.69, 9.17) is 9.47 Å². The van der Waals surface area contributed by atoms with Gasteiger partial charge >= 0.3 is 6.03 Å². The monoisotopic (exact) mass is 358 g/mol. The van der Waals surface area contributed by atoms with E-state index in [1.165, 1.54) is 12.1 Å². The molecule has 5 nitrogen and oxygen atoms in total. The van der Waals surface area contributed by atoms with E-state index in [1.54, 1.807) is 6.07 Å². The summed E-state index contributed by atoms with van der Waals surface area (Å²) in [6, 6.07) is 12.0. The lowest BCUT2D eigenvalue weighted by molar-refractivity contribution is 0.174. The summed E-state index contributed by atoms with van der Waals surface area (Å²) in [5.74, 6) is 1.21. The molecule has 26 heavy (non-hydrogen) atoms. The van der Waals surface area contributed by atoms with E-state index in [0.717, 1.165) is 22.6 Å². The summed E-state index contributed by atoms with van der Waals surface area (Å²) >= 11 is 0. The molecule has 0 unspecified atom stereocenters. The van der Waals surface area contributed by atoms with Crippen molar-refractivity contribution in [1.82, 2.24) is 10.6 Å². The van der Waals surface area contributed by atoms with Gasteiger partial charge in [-0.15, -0.1) is 0 Å². The Kier molecular flexibility index (Phi) is 5.30. The van der Waals surface area contributed by atoms with Gasteiger partial charge in [0.1, 0.15) is 5.82 Å². The van der Waals surface area contributed by atoms with Gasteiger partial charge in [-0.1, -0.05) is 32.0 Å². The molecule has 0 saturated carbocycles. The summed E-state index contributed by atoms with van der Waals surface area (Å²) in [7, 11) is 0. The van der Waals surface area contributed by atoms with Gasteiger partial charge in [-0.25, -0.2) is 9.18 Å². The maximum Gasteiger partial charge on any atom is 0.314 e. The highest BCUT2D eigenvalue weighted by Gasteiger charge is 2.24. The first-order valence-corrected chi connectivity index (χ1v) is 8.60. The van der Waals surface area contributed by atoms with E-state index in [1.807, 2.05) is 24.3 Å². The Labute approximate surface area is 152 Å². The second kappa shape index (κ2) is 7.64. The number of rotatable bonds is 6. The first-order valence-electron chi connectivity index (χ1n) is 8.60. The molecule has 2 N–H and O–H groups in total. The van der Waals surface area contributed by atoms with E-state index in [2.05, 4.69) is 24.5 Å². The minimum absolute atomic E-state index is 0.241. The number of carbonyl (C=O) groups is 1. The summed E-state index contributed by atoms with van der Waals surface area (Å²) in [5, 5.41) is 5.69. The van der Waals surface area contributed by atoms with Crippen molar-refractivity contribution in [3.05, 3.63) is 59.4 Å². The molecule has 0 fully saturated rings. The molecule has 1 heterocycles. The number of halogens is 1. The molecule has 2 amide bonds. The topological polar surface area (TPSA) is 59.6 Å². The van der Waals surface area contributed by atoms with Gasteiger partial charge in [-0.3, -0.25) is 0 Å². The second-order valence-corrected chi connectivity index (χ2v) is 6.94. The largest absolute Gasteiger partial charge is 0.454 e. The first kappa shape index (κ1) is 18.0. The van der Waals surface area contributed by atoms with Crippen LogP contribution in [0.3, 0.4) is 0 Å². The van der Waals surface area contributed by atoms with Crippen LogP contribution >= 0.6 is 0 Å². The van der Waals surface area contributed by atoms with Gasteiger partial charge in [0.05, 0.1) is 0 Å². The molecular weight excluding hydrogens is 335 g/mol. The number of amides is 2. The molecule has 2 aromatic rings. The lowest BCUT2D eigenvalue weighted by Gasteiger charge is -2.26. The van der Waals surface area contributed by atoms with Crippen molar-refractivity contribution in [2.45, 2.75) is 25.7 Å². The molecule has 6 heteroatoms. The molecule has 0 spiro atoms. The Morgan fingerprint density at radius 1 is 1.12 bits per heavy atom. The Morgan fingerprint density at radius 3 is 2.73 bits per heavy atom. The molecule has 138 valence electrons. The lowest BCUT2D eigenvalue weighted by Crippen LogP contribution is -2.42. The molecule has 0 saturated heterocycles. The zero-order valence-electron chi connectivity index (χ0n) is 15.0. The number of carbonyl (C=O) groups excluding carboxylic acids is 1. The highest BCUT2D eigenvalue weighted by molar-refractivity contribution is 5.74. The van der Waals surface area contributed by atoms with Gasteiger partial charge in [0.2, 0.25) is 6.79 Å². The smallest absolute Gasteiger partial charge is 0.314 e. The summed E-state index contributed by atoms with van der Waals surface area (Å²) < 4.78 is 23.9. The minimum Gasteiger partial charge on any atom is -0.454 e. The van der Waals surface area contributed by atoms with Gasteiger partial charge in [0, 0.05) is 18.5 Å². The minimum atomic E-state index is -0.266. The van der Waals surface area contributed by atoms with Gasteiger partial charge in [-0.2, -0.15) is 0 Å². The number of benzene rings is 2. The highest BCUT2D eigenvalue weighted by atomic mass is 19.1. The van der Waals surface area contributed by atoms with Crippen LogP contribution in [0.5, 0.6) is 11.5 Å². The predicted octanol–water partition coefficient (Wildman–Crippen LogP) is 3.37. The zero-order valence-corrected chi connectivity index (χ0v) is 15.0. The third-order valence-electron chi connectivity index (χ3n) is 4.43. The standard InChI is InChI=1S/C20H23FN2O3/c1-20(2,15-6-7-17-18(11-15)26-13-25-17)12-23-19(24)22-9-8-14-4-3-5-16(21)10-14/h3-7,10-11H,8-9,12-13H2,1-2H3,(H2,22,23,24). The molecule has 0 aromatic heterocycles. The molecule has 2 aromatic carbocycles. The average Bonchev–Trinajstić information content (AvgIpc) is 3.08. The van der Waals surface area contributed by atoms with Crippen LogP contribution in [0, 0.1) is 5.82 Å². The van der Waals surface area contributed by atoms with E-state index >= 15 is 0 Å². The van der Waals surface area contributed by atoms with Crippen LogP contribution < -0.4 is 20.1 Å². The average molecular weight is 358 g/mol. The fourth-order valence-corrected chi connectivity index (χ4v) is 2.80. The van der Waals surface area contributed by atoms with Crippen LogP contribution in [0.25, 0.3) is 0 Å². The van der Waals surface area contributed by atoms with E-state index in [0.29, 0.717) is 19.5 Å². The number of hydrogen-bond acceptors (Lipinski definition) is 3. The van der Waals surface area contributed by atoms with Crippen molar-refractivity contribution < 1.29 is 18.7 Å². The molecule has 0 atom stereocenters. The predicted molar refractivity (Wildman–Crippen MR) is 97.1 cm³/mol. The zero-order chi connectivity index (χ0) is 18.6. The third kappa shape index (κ3) is 4.45. The van der Waals surface area contributed by atoms with Gasteiger partial charge in [0.15, 0.2) is 11.5 Å². The van der Waals surface area contributed by atoms with Crippen LogP contribution in [-0.4, -0.2) is 25.9 Å².